The summed E-state index contributed by atoms with van der Waals surface area (Å²) in [7, 11) is 0. The van der Waals surface area contributed by atoms with E-state index in [1.807, 2.05) is 6.92 Å². The molecule has 0 saturated heterocycles. The Labute approximate surface area is 130 Å². The quantitative estimate of drug-likeness (QED) is 0.378. The Balaban J connectivity index is 4.39. The van der Waals surface area contributed by atoms with Crippen LogP contribution in [0.5, 0.6) is 0 Å². The van der Waals surface area contributed by atoms with Crippen LogP contribution in [0.2, 0.25) is 0 Å². The molecule has 1 atom stereocenters. The van der Waals surface area contributed by atoms with Crippen molar-refractivity contribution in [1.29, 1.82) is 0 Å². The third kappa shape index (κ3) is 8.42. The van der Waals surface area contributed by atoms with Crippen molar-refractivity contribution in [3.8, 4) is 0 Å². The molecule has 0 aromatic heterocycles. The Morgan fingerprint density at radius 3 is 2.19 bits per heavy atom. The van der Waals surface area contributed by atoms with Crippen molar-refractivity contribution < 1.29 is 14.3 Å². The summed E-state index contributed by atoms with van der Waals surface area (Å²) in [5.74, 6) is -0.171. The molecule has 0 bridgehead atoms. The van der Waals surface area contributed by atoms with Crippen molar-refractivity contribution in [2.24, 2.45) is 16.6 Å². The molecule has 4 nitrogen and oxygen atoms in total. The highest BCUT2D eigenvalue weighted by atomic mass is 16.7. The first-order valence-corrected chi connectivity index (χ1v) is 8.15. The molecule has 0 aliphatic rings. The van der Waals surface area contributed by atoms with Gasteiger partial charge in [0.15, 0.2) is 0 Å². The zero-order valence-corrected chi connectivity index (χ0v) is 14.8. The number of carbonyl (C=O) groups is 1. The molecule has 126 valence electrons. The summed E-state index contributed by atoms with van der Waals surface area (Å²) in [6, 6.07) is 0. The fourth-order valence-electron chi connectivity index (χ4n) is 1.84. The second kappa shape index (κ2) is 9.42. The zero-order chi connectivity index (χ0) is 16.5. The van der Waals surface area contributed by atoms with Crippen LogP contribution >= 0.6 is 0 Å². The summed E-state index contributed by atoms with van der Waals surface area (Å²) in [4.78, 5) is 11.9. The Morgan fingerprint density at radius 1 is 1.10 bits per heavy atom. The van der Waals surface area contributed by atoms with Crippen molar-refractivity contribution >= 4 is 5.97 Å². The number of rotatable bonds is 10. The molecule has 1 unspecified atom stereocenters. The molecule has 21 heavy (non-hydrogen) atoms. The van der Waals surface area contributed by atoms with Crippen LogP contribution in [0.15, 0.2) is 0 Å². The van der Waals surface area contributed by atoms with Gasteiger partial charge in [-0.1, -0.05) is 41.0 Å². The summed E-state index contributed by atoms with van der Waals surface area (Å²) < 4.78 is 11.1. The first-order chi connectivity index (χ1) is 9.64. The number of esters is 1. The number of unbranched alkanes of at least 4 members (excludes halogenated alkanes) is 2. The van der Waals surface area contributed by atoms with E-state index in [0.29, 0.717) is 26.0 Å². The smallest absolute Gasteiger partial charge is 0.308 e. The summed E-state index contributed by atoms with van der Waals surface area (Å²) in [6.07, 6.45) is 3.46. The van der Waals surface area contributed by atoms with E-state index in [2.05, 4.69) is 34.6 Å². The highest BCUT2D eigenvalue weighted by Gasteiger charge is 2.36. The Morgan fingerprint density at radius 2 is 1.71 bits per heavy atom. The molecule has 0 fully saturated rings. The highest BCUT2D eigenvalue weighted by Crippen LogP contribution is 2.42. The third-order valence-corrected chi connectivity index (χ3v) is 4.41. The standard InChI is InChI=1S/C17H35NO3/c1-7-20-15(13-17(5,6)16(2,3)4)21-14(19)11-9-8-10-12-18/h15H,7-13,18H2,1-6H3. The normalized spacial score (nSPS) is 14.0. The van der Waals surface area contributed by atoms with Crippen LogP contribution in [0.4, 0.5) is 0 Å². The first kappa shape index (κ1) is 20.4. The molecular formula is C17H35NO3. The lowest BCUT2D eigenvalue weighted by Crippen LogP contribution is -2.36. The van der Waals surface area contributed by atoms with E-state index in [1.54, 1.807) is 0 Å². The van der Waals surface area contributed by atoms with Crippen molar-refractivity contribution in [2.45, 2.75) is 79.9 Å². The summed E-state index contributed by atoms with van der Waals surface area (Å²) >= 11 is 0. The van der Waals surface area contributed by atoms with Gasteiger partial charge in [0.2, 0.25) is 6.29 Å². The molecular weight excluding hydrogens is 266 g/mol. The average Bonchev–Trinajstić information content (AvgIpc) is 2.33. The van der Waals surface area contributed by atoms with E-state index in [1.165, 1.54) is 0 Å². The van der Waals surface area contributed by atoms with E-state index in [4.69, 9.17) is 15.2 Å². The number of ether oxygens (including phenoxy) is 2. The number of carbonyl (C=O) groups excluding carboxylic acids is 1. The van der Waals surface area contributed by atoms with Gasteiger partial charge in [0.25, 0.3) is 0 Å². The van der Waals surface area contributed by atoms with Gasteiger partial charge in [-0.2, -0.15) is 0 Å². The van der Waals surface area contributed by atoms with Gasteiger partial charge in [0.1, 0.15) is 0 Å². The SMILES string of the molecule is CCOC(CC(C)(C)C(C)(C)C)OC(=O)CCCCCN. The van der Waals surface area contributed by atoms with Crippen LogP contribution in [0.25, 0.3) is 0 Å². The molecule has 0 aliphatic carbocycles. The number of nitrogens with two attached hydrogens (primary N) is 1. The fourth-order valence-corrected chi connectivity index (χ4v) is 1.84. The average molecular weight is 301 g/mol. The molecule has 0 rings (SSSR count). The second-order valence-electron chi connectivity index (χ2n) is 7.31. The van der Waals surface area contributed by atoms with E-state index >= 15 is 0 Å². The van der Waals surface area contributed by atoms with Crippen LogP contribution in [0.1, 0.15) is 73.6 Å². The monoisotopic (exact) mass is 301 g/mol. The Bertz CT molecular complexity index is 295. The largest absolute Gasteiger partial charge is 0.436 e. The van der Waals surface area contributed by atoms with Gasteiger partial charge in [0.05, 0.1) is 0 Å². The Hall–Kier alpha value is -0.610. The molecule has 0 amide bonds. The maximum absolute atomic E-state index is 11.9. The van der Waals surface area contributed by atoms with Crippen molar-refractivity contribution in [2.75, 3.05) is 13.2 Å². The zero-order valence-electron chi connectivity index (χ0n) is 14.8. The van der Waals surface area contributed by atoms with Gasteiger partial charge < -0.3 is 15.2 Å². The lowest BCUT2D eigenvalue weighted by atomic mass is 9.67. The predicted molar refractivity (Wildman–Crippen MR) is 86.9 cm³/mol. The molecule has 0 spiro atoms. The van der Waals surface area contributed by atoms with E-state index in [0.717, 1.165) is 19.3 Å². The minimum absolute atomic E-state index is 0.0205. The van der Waals surface area contributed by atoms with Crippen LogP contribution in [0, 0.1) is 10.8 Å². The molecule has 0 aromatic rings. The van der Waals surface area contributed by atoms with Crippen LogP contribution < -0.4 is 5.73 Å². The minimum atomic E-state index is -0.453. The maximum atomic E-state index is 11.9. The van der Waals surface area contributed by atoms with Gasteiger partial charge in [-0.05, 0) is 37.1 Å². The van der Waals surface area contributed by atoms with Crippen LogP contribution in [-0.4, -0.2) is 25.4 Å². The summed E-state index contributed by atoms with van der Waals surface area (Å²) in [5, 5.41) is 0. The van der Waals surface area contributed by atoms with E-state index < -0.39 is 6.29 Å². The van der Waals surface area contributed by atoms with Crippen LogP contribution in [-0.2, 0) is 14.3 Å². The number of hydrogen-bond donors (Lipinski definition) is 1. The molecule has 0 saturated carbocycles. The van der Waals surface area contributed by atoms with Crippen molar-refractivity contribution in [3.05, 3.63) is 0 Å². The van der Waals surface area contributed by atoms with Gasteiger partial charge in [-0.15, -0.1) is 0 Å². The highest BCUT2D eigenvalue weighted by molar-refractivity contribution is 5.69. The lowest BCUT2D eigenvalue weighted by molar-refractivity contribution is -0.187. The van der Waals surface area contributed by atoms with Gasteiger partial charge in [0, 0.05) is 19.4 Å². The van der Waals surface area contributed by atoms with Gasteiger partial charge in [-0.3, -0.25) is 4.79 Å². The maximum Gasteiger partial charge on any atom is 0.308 e. The molecule has 0 aromatic carbocycles. The van der Waals surface area contributed by atoms with Crippen molar-refractivity contribution in [1.82, 2.24) is 0 Å². The summed E-state index contributed by atoms with van der Waals surface area (Å²) in [5.41, 5.74) is 5.58. The molecule has 4 heteroatoms. The molecule has 2 N–H and O–H groups in total. The number of hydrogen-bond acceptors (Lipinski definition) is 4. The fraction of sp³-hybridized carbons (Fsp3) is 0.941. The topological polar surface area (TPSA) is 61.5 Å². The van der Waals surface area contributed by atoms with Crippen LogP contribution in [0.3, 0.4) is 0 Å². The molecule has 0 heterocycles. The van der Waals surface area contributed by atoms with Gasteiger partial charge >= 0.3 is 5.97 Å². The summed E-state index contributed by atoms with van der Waals surface area (Å²) in [6.45, 7) is 14.1. The minimum Gasteiger partial charge on any atom is -0.436 e. The predicted octanol–water partition coefficient (Wildman–Crippen LogP) is 3.87. The first-order valence-electron chi connectivity index (χ1n) is 8.15. The Kier molecular flexibility index (Phi) is 9.14. The van der Waals surface area contributed by atoms with E-state index in [9.17, 15) is 4.79 Å². The van der Waals surface area contributed by atoms with Crippen molar-refractivity contribution in [3.63, 3.8) is 0 Å². The lowest BCUT2D eigenvalue weighted by Gasteiger charge is -2.40. The molecule has 0 radical (unpaired) electrons. The van der Waals surface area contributed by atoms with E-state index in [-0.39, 0.29) is 16.8 Å². The second-order valence-corrected chi connectivity index (χ2v) is 7.31. The van der Waals surface area contributed by atoms with Gasteiger partial charge in [-0.25, -0.2) is 0 Å². The molecule has 0 aliphatic heterocycles. The third-order valence-electron chi connectivity index (χ3n) is 4.41.